The highest BCUT2D eigenvalue weighted by Crippen LogP contribution is 2.30. The van der Waals surface area contributed by atoms with Crippen LogP contribution in [0.1, 0.15) is 18.4 Å². The zero-order valence-electron chi connectivity index (χ0n) is 17.8. The van der Waals surface area contributed by atoms with Crippen molar-refractivity contribution in [2.24, 2.45) is 0 Å². The van der Waals surface area contributed by atoms with Crippen LogP contribution in [-0.4, -0.2) is 46.3 Å². The summed E-state index contributed by atoms with van der Waals surface area (Å²) in [7, 11) is -3.53. The Hall–Kier alpha value is -3.15. The third kappa shape index (κ3) is 4.03. The fourth-order valence-corrected chi connectivity index (χ4v) is 6.50. The van der Waals surface area contributed by atoms with E-state index in [4.69, 9.17) is 0 Å². The summed E-state index contributed by atoms with van der Waals surface area (Å²) in [4.78, 5) is 34.2. The van der Waals surface area contributed by atoms with Crippen molar-refractivity contribution in [1.82, 2.24) is 18.8 Å². The van der Waals surface area contributed by atoms with Crippen LogP contribution in [-0.2, 0) is 21.4 Å². The Morgan fingerprint density at radius 1 is 1.18 bits per heavy atom. The third-order valence-electron chi connectivity index (χ3n) is 5.68. The molecule has 0 unspecified atom stereocenters. The molecule has 1 amide bonds. The van der Waals surface area contributed by atoms with Gasteiger partial charge in [0.05, 0.1) is 32.3 Å². The summed E-state index contributed by atoms with van der Waals surface area (Å²) in [6.45, 7) is 2.74. The van der Waals surface area contributed by atoms with E-state index in [2.05, 4.69) is 15.3 Å². The van der Waals surface area contributed by atoms with Gasteiger partial charge in [-0.05, 0) is 49.6 Å². The number of sulfonamides is 1. The van der Waals surface area contributed by atoms with Crippen molar-refractivity contribution in [3.8, 4) is 0 Å². The summed E-state index contributed by atoms with van der Waals surface area (Å²) in [6, 6.07) is 10.1. The number of aromatic nitrogens is 3. The minimum absolute atomic E-state index is 0.208. The van der Waals surface area contributed by atoms with Crippen LogP contribution in [0.3, 0.4) is 0 Å². The van der Waals surface area contributed by atoms with Crippen molar-refractivity contribution in [3.05, 3.63) is 58.6 Å². The highest BCUT2D eigenvalue weighted by Gasteiger charge is 2.27. The molecule has 1 saturated heterocycles. The second-order valence-corrected chi connectivity index (χ2v) is 10.9. The molecule has 0 aliphatic carbocycles. The van der Waals surface area contributed by atoms with E-state index in [1.54, 1.807) is 30.3 Å². The van der Waals surface area contributed by atoms with E-state index in [9.17, 15) is 18.0 Å². The van der Waals surface area contributed by atoms with E-state index < -0.39 is 15.9 Å². The summed E-state index contributed by atoms with van der Waals surface area (Å²) < 4.78 is 29.0. The predicted molar refractivity (Wildman–Crippen MR) is 127 cm³/mol. The van der Waals surface area contributed by atoms with Crippen LogP contribution in [0.25, 0.3) is 21.1 Å². The number of aryl methyl sites for hydroxylation is 1. The molecule has 2 aromatic carbocycles. The molecule has 1 aliphatic rings. The van der Waals surface area contributed by atoms with Crippen molar-refractivity contribution in [1.29, 1.82) is 0 Å². The average molecular weight is 484 g/mol. The zero-order chi connectivity index (χ0) is 23.2. The number of anilines is 1. The lowest BCUT2D eigenvalue weighted by Gasteiger charge is -2.15. The number of rotatable bonds is 5. The molecule has 0 bridgehead atoms. The smallest absolute Gasteiger partial charge is 0.261 e. The first-order valence-electron chi connectivity index (χ1n) is 10.5. The molecule has 11 heteroatoms. The van der Waals surface area contributed by atoms with Gasteiger partial charge in [0.1, 0.15) is 6.54 Å². The third-order valence-corrected chi connectivity index (χ3v) is 8.51. The van der Waals surface area contributed by atoms with Crippen molar-refractivity contribution < 1.29 is 13.2 Å². The van der Waals surface area contributed by atoms with Gasteiger partial charge in [-0.25, -0.2) is 18.4 Å². The van der Waals surface area contributed by atoms with Gasteiger partial charge in [0.2, 0.25) is 15.9 Å². The van der Waals surface area contributed by atoms with Crippen LogP contribution in [0.15, 0.2) is 52.4 Å². The number of hydrogen-bond acceptors (Lipinski definition) is 7. The van der Waals surface area contributed by atoms with Crippen molar-refractivity contribution >= 4 is 53.5 Å². The SMILES string of the molecule is Cc1cccc2c(=O)n(CC(=O)Nc3nc4ccc(S(=O)(=O)N5CCCC5)cc4s3)cnc12. The van der Waals surface area contributed by atoms with E-state index in [1.807, 2.05) is 13.0 Å². The van der Waals surface area contributed by atoms with Crippen molar-refractivity contribution in [2.75, 3.05) is 18.4 Å². The molecule has 170 valence electrons. The summed E-state index contributed by atoms with van der Waals surface area (Å²) >= 11 is 1.19. The first-order chi connectivity index (χ1) is 15.8. The maximum absolute atomic E-state index is 12.8. The molecule has 0 atom stereocenters. The topological polar surface area (TPSA) is 114 Å². The quantitative estimate of drug-likeness (QED) is 0.467. The standard InChI is InChI=1S/C22H21N5O4S2/c1-14-5-4-6-16-20(14)23-13-26(21(16)29)12-19(28)25-22-24-17-8-7-15(11-18(17)32-22)33(30,31)27-9-2-3-10-27/h4-8,11,13H,2-3,9-10,12H2,1H3,(H,24,25,28). The second-order valence-electron chi connectivity index (χ2n) is 7.96. The normalized spacial score (nSPS) is 14.8. The lowest BCUT2D eigenvalue weighted by molar-refractivity contribution is -0.116. The number of amides is 1. The monoisotopic (exact) mass is 483 g/mol. The minimum atomic E-state index is -3.53. The summed E-state index contributed by atoms with van der Waals surface area (Å²) in [6.07, 6.45) is 3.10. The Balaban J connectivity index is 1.36. The van der Waals surface area contributed by atoms with Gasteiger partial charge in [0.15, 0.2) is 5.13 Å². The molecule has 33 heavy (non-hydrogen) atoms. The molecule has 0 radical (unpaired) electrons. The molecule has 2 aromatic heterocycles. The summed E-state index contributed by atoms with van der Waals surface area (Å²) in [5.74, 6) is -0.421. The molecule has 0 spiro atoms. The lowest BCUT2D eigenvalue weighted by atomic mass is 10.1. The fourth-order valence-electron chi connectivity index (χ4n) is 3.96. The van der Waals surface area contributed by atoms with Gasteiger partial charge in [-0.2, -0.15) is 4.31 Å². The lowest BCUT2D eigenvalue weighted by Crippen LogP contribution is -2.28. The van der Waals surface area contributed by atoms with Crippen molar-refractivity contribution in [3.63, 3.8) is 0 Å². The summed E-state index contributed by atoms with van der Waals surface area (Å²) in [5, 5.41) is 3.49. The molecule has 9 nitrogen and oxygen atoms in total. The highest BCUT2D eigenvalue weighted by atomic mass is 32.2. The number of hydrogen-bond donors (Lipinski definition) is 1. The number of carbonyl (C=O) groups is 1. The number of thiazole rings is 1. The van der Waals surface area contributed by atoms with Crippen LogP contribution in [0.5, 0.6) is 0 Å². The van der Waals surface area contributed by atoms with E-state index in [0.717, 1.165) is 18.4 Å². The van der Waals surface area contributed by atoms with Crippen molar-refractivity contribution in [2.45, 2.75) is 31.2 Å². The first kappa shape index (κ1) is 21.7. The molecule has 0 saturated carbocycles. The van der Waals surface area contributed by atoms with Gasteiger partial charge in [0, 0.05) is 13.1 Å². The van der Waals surface area contributed by atoms with Crippen LogP contribution >= 0.6 is 11.3 Å². The predicted octanol–water partition coefficient (Wildman–Crippen LogP) is 2.74. The molecule has 5 rings (SSSR count). The maximum Gasteiger partial charge on any atom is 0.261 e. The molecule has 1 fully saturated rings. The van der Waals surface area contributed by atoms with Gasteiger partial charge in [0.25, 0.3) is 5.56 Å². The Morgan fingerprint density at radius 3 is 2.76 bits per heavy atom. The first-order valence-corrected chi connectivity index (χ1v) is 12.7. The van der Waals surface area contributed by atoms with Crippen LogP contribution in [0.2, 0.25) is 0 Å². The average Bonchev–Trinajstić information content (AvgIpc) is 3.45. The number of carbonyl (C=O) groups excluding carboxylic acids is 1. The van der Waals surface area contributed by atoms with Crippen LogP contribution in [0, 0.1) is 6.92 Å². The molecular formula is C22H21N5O4S2. The van der Waals surface area contributed by atoms with Gasteiger partial charge in [-0.1, -0.05) is 23.5 Å². The van der Waals surface area contributed by atoms with Crippen LogP contribution < -0.4 is 10.9 Å². The number of nitrogens with zero attached hydrogens (tertiary/aromatic N) is 4. The van der Waals surface area contributed by atoms with Gasteiger partial charge in [-0.15, -0.1) is 0 Å². The molecule has 3 heterocycles. The fraction of sp³-hybridized carbons (Fsp3) is 0.273. The van der Waals surface area contributed by atoms with Gasteiger partial charge >= 0.3 is 0 Å². The Morgan fingerprint density at radius 2 is 1.97 bits per heavy atom. The number of nitrogens with one attached hydrogen (secondary N) is 1. The van der Waals surface area contributed by atoms with E-state index >= 15 is 0 Å². The van der Waals surface area contributed by atoms with E-state index in [1.165, 1.54) is 26.5 Å². The Bertz CT molecular complexity index is 1550. The van der Waals surface area contributed by atoms with Crippen LogP contribution in [0.4, 0.5) is 5.13 Å². The van der Waals surface area contributed by atoms with E-state index in [-0.39, 0.29) is 17.0 Å². The molecule has 1 aliphatic heterocycles. The minimum Gasteiger partial charge on any atom is -0.300 e. The molecule has 1 N–H and O–H groups in total. The van der Waals surface area contributed by atoms with Gasteiger partial charge < -0.3 is 5.32 Å². The molecule has 4 aromatic rings. The second kappa shape index (κ2) is 8.32. The number of fused-ring (bicyclic) bond motifs is 2. The molecular weight excluding hydrogens is 462 g/mol. The van der Waals surface area contributed by atoms with E-state index in [0.29, 0.717) is 39.3 Å². The number of benzene rings is 2. The van der Waals surface area contributed by atoms with Gasteiger partial charge in [-0.3, -0.25) is 14.2 Å². The Labute approximate surface area is 193 Å². The summed E-state index contributed by atoms with van der Waals surface area (Å²) in [5.41, 5.74) is 1.81. The maximum atomic E-state index is 12.8. The zero-order valence-corrected chi connectivity index (χ0v) is 19.4. The largest absolute Gasteiger partial charge is 0.300 e. The number of para-hydroxylation sites is 1. The highest BCUT2D eigenvalue weighted by molar-refractivity contribution is 7.89. The Kier molecular flexibility index (Phi) is 5.47.